The first-order valence-corrected chi connectivity index (χ1v) is 24.4. The fourth-order valence-corrected chi connectivity index (χ4v) is 23.8. The van der Waals surface area contributed by atoms with Crippen molar-refractivity contribution in [3.05, 3.63) is 107 Å². The molecule has 192 valence electrons. The van der Waals surface area contributed by atoms with Crippen molar-refractivity contribution in [3.63, 3.8) is 0 Å². The van der Waals surface area contributed by atoms with Gasteiger partial charge in [-0.2, -0.15) is 0 Å². The second kappa shape index (κ2) is 10.7. The Balaban J connectivity index is 1.54. The molecule has 2 aliphatic rings. The van der Waals surface area contributed by atoms with Crippen molar-refractivity contribution in [3.8, 4) is 22.3 Å². The molecule has 1 heterocycles. The van der Waals surface area contributed by atoms with Crippen LogP contribution < -0.4 is 13.6 Å². The second-order valence-corrected chi connectivity index (χ2v) is 26.5. The Bertz CT molecular complexity index is 1570. The number of hydrogen-bond acceptors (Lipinski definition) is 0. The van der Waals surface area contributed by atoms with E-state index in [1.807, 2.05) is 0 Å². The van der Waals surface area contributed by atoms with Gasteiger partial charge >= 0.3 is 243 Å². The summed E-state index contributed by atoms with van der Waals surface area (Å²) in [5.41, 5.74) is 12.5. The summed E-state index contributed by atoms with van der Waals surface area (Å²) in [4.78, 5) is 0. The number of benzene rings is 4. The number of fused-ring (bicyclic) bond motifs is 4. The SMILES string of the molecule is CCCc1ccc2c(c1-c1ccccc1CC)C=C(CC)[CH]2[Zr]([Cl])([Cl])[c]1cccc2c1[SiH2]c1ccccc1-2. The Morgan fingerprint density at radius 3 is 2.24 bits per heavy atom. The molecule has 0 saturated heterocycles. The third-order valence-electron chi connectivity index (χ3n) is 8.54. The Kier molecular flexibility index (Phi) is 7.47. The van der Waals surface area contributed by atoms with Crippen LogP contribution in [0, 0.1) is 0 Å². The molecule has 0 aromatic heterocycles. The molecule has 0 bridgehead atoms. The molecular formula is C34H34Cl2SiZr. The zero-order valence-electron chi connectivity index (χ0n) is 22.5. The Labute approximate surface area is 241 Å². The molecule has 1 atom stereocenters. The molecule has 0 amide bonds. The summed E-state index contributed by atoms with van der Waals surface area (Å²) in [6.45, 7) is 6.80. The molecule has 6 rings (SSSR count). The summed E-state index contributed by atoms with van der Waals surface area (Å²) in [6.07, 6.45) is 6.67. The maximum atomic E-state index is 7.81. The minimum atomic E-state index is -3.93. The van der Waals surface area contributed by atoms with Crippen molar-refractivity contribution >= 4 is 46.3 Å². The predicted molar refractivity (Wildman–Crippen MR) is 167 cm³/mol. The average Bonchev–Trinajstić information content (AvgIpc) is 3.52. The molecule has 0 spiro atoms. The third-order valence-corrected chi connectivity index (χ3v) is 22.9. The van der Waals surface area contributed by atoms with E-state index in [1.165, 1.54) is 63.7 Å². The van der Waals surface area contributed by atoms with Gasteiger partial charge in [-0.3, -0.25) is 0 Å². The summed E-state index contributed by atoms with van der Waals surface area (Å²) >= 11 is -3.93. The van der Waals surface area contributed by atoms with Crippen LogP contribution in [0.3, 0.4) is 0 Å². The van der Waals surface area contributed by atoms with Crippen molar-refractivity contribution in [2.45, 2.75) is 50.1 Å². The molecule has 1 aliphatic carbocycles. The van der Waals surface area contributed by atoms with Gasteiger partial charge < -0.3 is 0 Å². The molecule has 4 heteroatoms. The summed E-state index contributed by atoms with van der Waals surface area (Å²) in [6, 6.07) is 29.3. The fourth-order valence-electron chi connectivity index (χ4n) is 6.78. The number of rotatable bonds is 7. The Hall–Kier alpha value is -1.70. The molecule has 0 nitrogen and oxygen atoms in total. The van der Waals surface area contributed by atoms with Crippen LogP contribution >= 0.6 is 17.0 Å². The van der Waals surface area contributed by atoms with E-state index < -0.39 is 27.4 Å². The van der Waals surface area contributed by atoms with E-state index in [2.05, 4.69) is 106 Å². The van der Waals surface area contributed by atoms with Crippen LogP contribution in [0.15, 0.2) is 84.4 Å². The van der Waals surface area contributed by atoms with Crippen LogP contribution in [-0.4, -0.2) is 9.52 Å². The topological polar surface area (TPSA) is 0 Å². The predicted octanol–water partition coefficient (Wildman–Crippen LogP) is 7.60. The van der Waals surface area contributed by atoms with Gasteiger partial charge in [0.25, 0.3) is 0 Å². The number of halogens is 2. The van der Waals surface area contributed by atoms with E-state index in [-0.39, 0.29) is 3.63 Å². The van der Waals surface area contributed by atoms with Gasteiger partial charge in [-0.25, -0.2) is 0 Å². The zero-order valence-corrected chi connectivity index (χ0v) is 27.8. The molecule has 4 aromatic carbocycles. The Morgan fingerprint density at radius 1 is 0.737 bits per heavy atom. The van der Waals surface area contributed by atoms with Crippen molar-refractivity contribution in [1.29, 1.82) is 0 Å². The molecule has 1 aliphatic heterocycles. The molecular weight excluding hydrogens is 599 g/mol. The van der Waals surface area contributed by atoms with E-state index in [1.54, 1.807) is 0 Å². The van der Waals surface area contributed by atoms with Crippen LogP contribution in [0.2, 0.25) is 0 Å². The van der Waals surface area contributed by atoms with Crippen LogP contribution in [0.4, 0.5) is 0 Å². The van der Waals surface area contributed by atoms with Crippen molar-refractivity contribution in [1.82, 2.24) is 0 Å². The number of hydrogen-bond donors (Lipinski definition) is 0. The van der Waals surface area contributed by atoms with E-state index >= 15 is 0 Å². The maximum absolute atomic E-state index is 7.81. The number of aryl methyl sites for hydroxylation is 2. The fraction of sp³-hybridized carbons (Fsp3) is 0.235. The van der Waals surface area contributed by atoms with E-state index in [4.69, 9.17) is 17.0 Å². The minimum absolute atomic E-state index is 0.139. The van der Waals surface area contributed by atoms with Crippen molar-refractivity contribution in [2.75, 3.05) is 0 Å². The van der Waals surface area contributed by atoms with Gasteiger partial charge in [-0.1, -0.05) is 0 Å². The van der Waals surface area contributed by atoms with Crippen LogP contribution in [0.5, 0.6) is 0 Å². The van der Waals surface area contributed by atoms with E-state index in [0.29, 0.717) is 0 Å². The van der Waals surface area contributed by atoms with Gasteiger partial charge in [0.05, 0.1) is 0 Å². The van der Waals surface area contributed by atoms with Gasteiger partial charge in [0.15, 0.2) is 0 Å². The summed E-state index contributed by atoms with van der Waals surface area (Å²) in [5, 5.41) is 3.02. The molecule has 0 N–H and O–H groups in total. The monoisotopic (exact) mass is 630 g/mol. The van der Waals surface area contributed by atoms with Crippen LogP contribution in [-0.2, 0) is 30.7 Å². The van der Waals surface area contributed by atoms with E-state index in [0.717, 1.165) is 25.7 Å². The van der Waals surface area contributed by atoms with Crippen molar-refractivity contribution < 1.29 is 17.9 Å². The van der Waals surface area contributed by atoms with Gasteiger partial charge in [0.2, 0.25) is 0 Å². The van der Waals surface area contributed by atoms with Crippen molar-refractivity contribution in [2.24, 2.45) is 0 Å². The van der Waals surface area contributed by atoms with Gasteiger partial charge in [0, 0.05) is 0 Å². The molecule has 0 saturated carbocycles. The molecule has 1 unspecified atom stereocenters. The number of allylic oxidation sites excluding steroid dienone is 1. The zero-order chi connectivity index (χ0) is 26.4. The third kappa shape index (κ3) is 4.28. The van der Waals surface area contributed by atoms with Crippen LogP contribution in [0.25, 0.3) is 28.3 Å². The van der Waals surface area contributed by atoms with E-state index in [9.17, 15) is 0 Å². The molecule has 4 aromatic rings. The second-order valence-electron chi connectivity index (χ2n) is 10.7. The Morgan fingerprint density at radius 2 is 1.47 bits per heavy atom. The average molecular weight is 633 g/mol. The first kappa shape index (κ1) is 26.5. The molecule has 0 radical (unpaired) electrons. The molecule has 0 fully saturated rings. The van der Waals surface area contributed by atoms with Gasteiger partial charge in [0.1, 0.15) is 0 Å². The summed E-state index contributed by atoms with van der Waals surface area (Å²) in [5.74, 6) is 0. The summed E-state index contributed by atoms with van der Waals surface area (Å²) in [7, 11) is 15.0. The molecule has 38 heavy (non-hydrogen) atoms. The quantitative estimate of drug-likeness (QED) is 0.162. The summed E-state index contributed by atoms with van der Waals surface area (Å²) < 4.78 is 1.45. The first-order valence-electron chi connectivity index (χ1n) is 14.0. The standard InChI is InChI=1S/C22H25.C12H9Si.2ClH.Zr/c1-4-9-18-12-13-19-14-16(5-2)15-21(19)22(18)20-11-8-7-10-17(20)6-3;1-3-7-11-9(5-1)10-6-2-4-8-12(10)13-11;;;/h7-8,10-15H,4-6,9H2,1-3H3;1-7H,13H2;2*1H;/q;;;;+2/p-2. The van der Waals surface area contributed by atoms with Gasteiger partial charge in [-0.15, -0.1) is 0 Å². The normalized spacial score (nSPS) is 16.3. The van der Waals surface area contributed by atoms with Crippen LogP contribution in [0.1, 0.15) is 59.5 Å². The first-order chi connectivity index (χ1) is 18.5. The van der Waals surface area contributed by atoms with Gasteiger partial charge in [-0.05, 0) is 0 Å².